The maximum Gasteiger partial charge on any atom is 0.252 e. The smallest absolute Gasteiger partial charge is 0.252 e. The van der Waals surface area contributed by atoms with Crippen LogP contribution in [0, 0.1) is 0 Å². The van der Waals surface area contributed by atoms with Gasteiger partial charge in [0.2, 0.25) is 0 Å². The van der Waals surface area contributed by atoms with E-state index in [1.54, 1.807) is 0 Å². The van der Waals surface area contributed by atoms with E-state index in [9.17, 15) is 4.79 Å². The lowest BCUT2D eigenvalue weighted by molar-refractivity contribution is 0.0954. The minimum absolute atomic E-state index is 0.0347. The molecule has 0 aliphatic carbocycles. The molecule has 0 fully saturated rings. The Morgan fingerprint density at radius 3 is 3.10 bits per heavy atom. The van der Waals surface area contributed by atoms with E-state index in [4.69, 9.17) is 0 Å². The van der Waals surface area contributed by atoms with Crippen molar-refractivity contribution < 1.29 is 4.79 Å². The van der Waals surface area contributed by atoms with Gasteiger partial charge in [-0.2, -0.15) is 0 Å². The van der Waals surface area contributed by atoms with Crippen molar-refractivity contribution in [3.63, 3.8) is 0 Å². The van der Waals surface area contributed by atoms with Gasteiger partial charge < -0.3 is 9.88 Å². The van der Waals surface area contributed by atoms with Crippen LogP contribution in [0.15, 0.2) is 15.2 Å². The van der Waals surface area contributed by atoms with Gasteiger partial charge in [0.25, 0.3) is 5.91 Å². The van der Waals surface area contributed by atoms with Crippen LogP contribution in [-0.4, -0.2) is 27.2 Å². The summed E-state index contributed by atoms with van der Waals surface area (Å²) in [5.74, 6) is 2.04. The van der Waals surface area contributed by atoms with Gasteiger partial charge in [0.05, 0.1) is 9.35 Å². The first kappa shape index (κ1) is 14.7. The van der Waals surface area contributed by atoms with Gasteiger partial charge in [-0.25, -0.2) is 0 Å². The Morgan fingerprint density at radius 1 is 1.38 bits per heavy atom. The molecular weight excluding hydrogens is 352 g/mol. The number of hydrogen-bond acceptors (Lipinski definition) is 4. The van der Waals surface area contributed by atoms with Crippen LogP contribution >= 0.6 is 27.3 Å². The molecular formula is C14H17BrN4OS. The second kappa shape index (κ2) is 6.70. The zero-order chi connectivity index (χ0) is 14.7. The molecule has 0 atom stereocenters. The van der Waals surface area contributed by atoms with E-state index in [2.05, 4.69) is 36.0 Å². The number of aryl methyl sites for hydroxylation is 1. The Morgan fingerprint density at radius 2 is 2.29 bits per heavy atom. The number of hydrogen-bond donors (Lipinski definition) is 1. The number of nitrogens with zero attached hydrogens (tertiary/aromatic N) is 3. The molecule has 3 heterocycles. The molecule has 3 rings (SSSR count). The van der Waals surface area contributed by atoms with Crippen molar-refractivity contribution in [3.8, 4) is 0 Å². The minimum Gasteiger partial charge on any atom is -0.352 e. The molecule has 1 aliphatic rings. The number of aromatic nitrogens is 3. The molecule has 5 nitrogen and oxygen atoms in total. The van der Waals surface area contributed by atoms with Crippen molar-refractivity contribution in [2.45, 2.75) is 38.6 Å². The quantitative estimate of drug-likeness (QED) is 0.902. The standard InChI is InChI=1S/C14H17BrN4OS/c15-11-8-10(9-21-11)14(20)16-6-5-13-18-17-12-4-2-1-3-7-19(12)13/h8-9H,1-7H2,(H,16,20). The summed E-state index contributed by atoms with van der Waals surface area (Å²) in [5.41, 5.74) is 0.701. The highest BCUT2D eigenvalue weighted by molar-refractivity contribution is 9.11. The van der Waals surface area contributed by atoms with Crippen molar-refractivity contribution in [1.82, 2.24) is 20.1 Å². The molecule has 7 heteroatoms. The first-order valence-corrected chi connectivity index (χ1v) is 8.84. The summed E-state index contributed by atoms with van der Waals surface area (Å²) in [4.78, 5) is 12.0. The fourth-order valence-electron chi connectivity index (χ4n) is 2.55. The van der Waals surface area contributed by atoms with Crippen LogP contribution in [0.3, 0.4) is 0 Å². The summed E-state index contributed by atoms with van der Waals surface area (Å²) in [6.45, 7) is 1.59. The van der Waals surface area contributed by atoms with Crippen LogP contribution in [0.5, 0.6) is 0 Å². The van der Waals surface area contributed by atoms with Crippen molar-refractivity contribution in [2.24, 2.45) is 0 Å². The first-order chi connectivity index (χ1) is 10.2. The molecule has 0 spiro atoms. The average molecular weight is 369 g/mol. The number of rotatable bonds is 4. The van der Waals surface area contributed by atoms with E-state index in [1.807, 2.05) is 11.4 Å². The van der Waals surface area contributed by atoms with Gasteiger partial charge in [0.15, 0.2) is 0 Å². The highest BCUT2D eigenvalue weighted by Gasteiger charge is 2.14. The predicted molar refractivity (Wildman–Crippen MR) is 85.6 cm³/mol. The highest BCUT2D eigenvalue weighted by Crippen LogP contribution is 2.20. The lowest BCUT2D eigenvalue weighted by atomic mass is 10.2. The Balaban J connectivity index is 1.56. The van der Waals surface area contributed by atoms with Crippen molar-refractivity contribution in [3.05, 3.63) is 32.4 Å². The number of nitrogens with one attached hydrogen (secondary N) is 1. The number of carbonyl (C=O) groups excluding carboxylic acids is 1. The third-order valence-electron chi connectivity index (χ3n) is 3.65. The summed E-state index contributed by atoms with van der Waals surface area (Å²) >= 11 is 4.88. The maximum absolute atomic E-state index is 12.0. The largest absolute Gasteiger partial charge is 0.352 e. The summed E-state index contributed by atoms with van der Waals surface area (Å²) in [6.07, 6.45) is 5.38. The molecule has 21 heavy (non-hydrogen) atoms. The topological polar surface area (TPSA) is 59.8 Å². The molecule has 1 N–H and O–H groups in total. The van der Waals surface area contributed by atoms with Gasteiger partial charge in [-0.15, -0.1) is 21.5 Å². The molecule has 0 bridgehead atoms. The number of amides is 1. The molecule has 112 valence electrons. The summed E-state index contributed by atoms with van der Waals surface area (Å²) in [6, 6.07) is 1.84. The molecule has 0 aromatic carbocycles. The fourth-order valence-corrected chi connectivity index (χ4v) is 3.69. The normalized spacial score (nSPS) is 14.5. The van der Waals surface area contributed by atoms with Crippen LogP contribution in [-0.2, 0) is 19.4 Å². The van der Waals surface area contributed by atoms with E-state index in [1.165, 1.54) is 30.6 Å². The Labute approximate surface area is 135 Å². The average Bonchev–Trinajstić information content (AvgIpc) is 2.99. The van der Waals surface area contributed by atoms with E-state index in [0.29, 0.717) is 12.1 Å². The third kappa shape index (κ3) is 3.52. The molecule has 0 radical (unpaired) electrons. The van der Waals surface area contributed by atoms with Crippen molar-refractivity contribution in [2.75, 3.05) is 6.54 Å². The summed E-state index contributed by atoms with van der Waals surface area (Å²) in [5, 5.41) is 13.3. The molecule has 2 aromatic heterocycles. The lowest BCUT2D eigenvalue weighted by Gasteiger charge is -2.07. The summed E-state index contributed by atoms with van der Waals surface area (Å²) < 4.78 is 3.19. The SMILES string of the molecule is O=C(NCCc1nnc2n1CCCCC2)c1csc(Br)c1. The second-order valence-electron chi connectivity index (χ2n) is 5.14. The Bertz CT molecular complexity index is 637. The van der Waals surface area contributed by atoms with E-state index >= 15 is 0 Å². The zero-order valence-corrected chi connectivity index (χ0v) is 14.0. The third-order valence-corrected chi connectivity index (χ3v) is 5.15. The second-order valence-corrected chi connectivity index (χ2v) is 7.43. The van der Waals surface area contributed by atoms with Crippen LogP contribution < -0.4 is 5.32 Å². The summed E-state index contributed by atoms with van der Waals surface area (Å²) in [7, 11) is 0. The lowest BCUT2D eigenvalue weighted by Crippen LogP contribution is -2.26. The zero-order valence-electron chi connectivity index (χ0n) is 11.6. The highest BCUT2D eigenvalue weighted by atomic mass is 79.9. The molecule has 0 saturated carbocycles. The van der Waals surface area contributed by atoms with Gasteiger partial charge in [-0.05, 0) is 34.8 Å². The Kier molecular flexibility index (Phi) is 4.70. The molecule has 0 unspecified atom stereocenters. The predicted octanol–water partition coefficient (Wildman–Crippen LogP) is 2.80. The number of thiophene rings is 1. The fraction of sp³-hybridized carbons (Fsp3) is 0.500. The molecule has 0 saturated heterocycles. The van der Waals surface area contributed by atoms with Crippen LogP contribution in [0.2, 0.25) is 0 Å². The molecule has 2 aromatic rings. The van der Waals surface area contributed by atoms with Crippen molar-refractivity contribution >= 4 is 33.2 Å². The van der Waals surface area contributed by atoms with Gasteiger partial charge in [0.1, 0.15) is 11.6 Å². The number of carbonyl (C=O) groups is 1. The molecule has 1 aliphatic heterocycles. The van der Waals surface area contributed by atoms with Gasteiger partial charge in [-0.3, -0.25) is 4.79 Å². The van der Waals surface area contributed by atoms with Crippen LogP contribution in [0.25, 0.3) is 0 Å². The maximum atomic E-state index is 12.0. The van der Waals surface area contributed by atoms with Gasteiger partial charge >= 0.3 is 0 Å². The van der Waals surface area contributed by atoms with Gasteiger partial charge in [0, 0.05) is 31.3 Å². The number of halogens is 1. The van der Waals surface area contributed by atoms with E-state index in [-0.39, 0.29) is 5.91 Å². The minimum atomic E-state index is -0.0347. The van der Waals surface area contributed by atoms with Crippen LogP contribution in [0.4, 0.5) is 0 Å². The first-order valence-electron chi connectivity index (χ1n) is 7.17. The van der Waals surface area contributed by atoms with Crippen LogP contribution in [0.1, 0.15) is 41.3 Å². The van der Waals surface area contributed by atoms with Gasteiger partial charge in [-0.1, -0.05) is 6.42 Å². The molecule has 1 amide bonds. The van der Waals surface area contributed by atoms with E-state index < -0.39 is 0 Å². The van der Waals surface area contributed by atoms with E-state index in [0.717, 1.165) is 34.8 Å². The van der Waals surface area contributed by atoms with Crippen molar-refractivity contribution in [1.29, 1.82) is 0 Å². The number of fused-ring (bicyclic) bond motifs is 1. The Hall–Kier alpha value is -1.21. The monoisotopic (exact) mass is 368 g/mol.